The van der Waals surface area contributed by atoms with Crippen molar-refractivity contribution < 1.29 is 14.3 Å². The third-order valence-corrected chi connectivity index (χ3v) is 5.14. The van der Waals surface area contributed by atoms with Gasteiger partial charge in [0.2, 0.25) is 5.91 Å². The average molecular weight is 264 g/mol. The van der Waals surface area contributed by atoms with Crippen molar-refractivity contribution in [3.8, 4) is 0 Å². The molecule has 3 fully saturated rings. The summed E-state index contributed by atoms with van der Waals surface area (Å²) in [5.41, 5.74) is 0. The van der Waals surface area contributed by atoms with Gasteiger partial charge in [0.15, 0.2) is 5.13 Å². The summed E-state index contributed by atoms with van der Waals surface area (Å²) in [5.74, 6) is -0.103. The van der Waals surface area contributed by atoms with Gasteiger partial charge in [0, 0.05) is 17.5 Å². The highest BCUT2D eigenvalue weighted by molar-refractivity contribution is 7.13. The van der Waals surface area contributed by atoms with E-state index in [-0.39, 0.29) is 35.7 Å². The van der Waals surface area contributed by atoms with Crippen molar-refractivity contribution in [1.82, 2.24) is 4.98 Å². The van der Waals surface area contributed by atoms with Crippen molar-refractivity contribution in [1.29, 1.82) is 0 Å². The molecule has 5 atom stereocenters. The minimum atomic E-state index is -0.217. The van der Waals surface area contributed by atoms with Crippen molar-refractivity contribution >= 4 is 28.3 Å². The lowest BCUT2D eigenvalue weighted by molar-refractivity contribution is -0.145. The fourth-order valence-electron chi connectivity index (χ4n) is 3.84. The Balaban J connectivity index is 1.58. The molecule has 1 aliphatic heterocycles. The lowest BCUT2D eigenvalue weighted by atomic mass is 9.79. The van der Waals surface area contributed by atoms with Crippen LogP contribution in [0.25, 0.3) is 0 Å². The van der Waals surface area contributed by atoms with Gasteiger partial charge in [-0.3, -0.25) is 9.59 Å². The lowest BCUT2D eigenvalue weighted by Gasteiger charge is -2.22. The number of nitrogens with zero attached hydrogens (tertiary/aromatic N) is 1. The van der Waals surface area contributed by atoms with Crippen molar-refractivity contribution in [3.05, 3.63) is 11.6 Å². The average Bonchev–Trinajstić information content (AvgIpc) is 3.02. The maximum Gasteiger partial charge on any atom is 0.310 e. The molecule has 0 spiro atoms. The van der Waals surface area contributed by atoms with Crippen molar-refractivity contribution in [2.75, 3.05) is 5.32 Å². The van der Waals surface area contributed by atoms with Crippen LogP contribution in [-0.2, 0) is 14.3 Å². The first-order chi connectivity index (χ1) is 8.74. The predicted molar refractivity (Wildman–Crippen MR) is 63.8 cm³/mol. The van der Waals surface area contributed by atoms with E-state index in [4.69, 9.17) is 4.74 Å². The number of rotatable bonds is 2. The Labute approximate surface area is 108 Å². The van der Waals surface area contributed by atoms with Gasteiger partial charge in [0.1, 0.15) is 6.10 Å². The lowest BCUT2D eigenvalue weighted by Crippen LogP contribution is -2.35. The Morgan fingerprint density at radius 2 is 2.39 bits per heavy atom. The quantitative estimate of drug-likeness (QED) is 0.817. The first-order valence-electron chi connectivity index (χ1n) is 6.15. The minimum Gasteiger partial charge on any atom is -0.462 e. The maximum absolute atomic E-state index is 12.3. The SMILES string of the molecule is O=C(Nc1nccs1)[C@H]1[C@H]2C[C@H]3[C@@H]1C(=O)O[C@H]3C2. The van der Waals surface area contributed by atoms with Crippen LogP contribution in [0.1, 0.15) is 12.8 Å². The van der Waals surface area contributed by atoms with Crippen LogP contribution in [0.15, 0.2) is 11.6 Å². The van der Waals surface area contributed by atoms with Crippen LogP contribution < -0.4 is 5.32 Å². The first-order valence-corrected chi connectivity index (χ1v) is 7.03. The summed E-state index contributed by atoms with van der Waals surface area (Å²) in [6.07, 6.45) is 3.54. The second kappa shape index (κ2) is 3.54. The molecule has 1 N–H and O–H groups in total. The molecule has 2 bridgehead atoms. The van der Waals surface area contributed by atoms with E-state index in [9.17, 15) is 9.59 Å². The number of carbonyl (C=O) groups is 2. The fourth-order valence-corrected chi connectivity index (χ4v) is 4.37. The molecule has 1 saturated heterocycles. The number of amides is 1. The molecule has 6 heteroatoms. The third-order valence-electron chi connectivity index (χ3n) is 4.45. The molecule has 0 radical (unpaired) electrons. The van der Waals surface area contributed by atoms with Crippen LogP contribution in [0.4, 0.5) is 5.13 Å². The molecular formula is C12H12N2O3S. The molecular weight excluding hydrogens is 252 g/mol. The van der Waals surface area contributed by atoms with Gasteiger partial charge in [-0.05, 0) is 18.8 Å². The summed E-state index contributed by atoms with van der Waals surface area (Å²) in [7, 11) is 0. The van der Waals surface area contributed by atoms with Gasteiger partial charge in [0.25, 0.3) is 0 Å². The molecule has 5 nitrogen and oxygen atoms in total. The molecule has 94 valence electrons. The predicted octanol–water partition coefficient (Wildman–Crippen LogP) is 1.28. The highest BCUT2D eigenvalue weighted by atomic mass is 32.1. The minimum absolute atomic E-state index is 0.0697. The van der Waals surface area contributed by atoms with Crippen LogP contribution in [0.3, 0.4) is 0 Å². The van der Waals surface area contributed by atoms with E-state index in [0.29, 0.717) is 11.0 Å². The van der Waals surface area contributed by atoms with Gasteiger partial charge in [-0.1, -0.05) is 0 Å². The summed E-state index contributed by atoms with van der Waals surface area (Å²) in [5, 5.41) is 5.23. The summed E-state index contributed by atoms with van der Waals surface area (Å²) >= 11 is 1.39. The number of aromatic nitrogens is 1. The second-order valence-electron chi connectivity index (χ2n) is 5.25. The van der Waals surface area contributed by atoms with Crippen molar-refractivity contribution in [2.24, 2.45) is 23.7 Å². The molecule has 2 saturated carbocycles. The van der Waals surface area contributed by atoms with Crippen molar-refractivity contribution in [3.63, 3.8) is 0 Å². The molecule has 1 amide bonds. The molecule has 1 aromatic rings. The normalized spacial score (nSPS) is 40.0. The number of hydrogen-bond acceptors (Lipinski definition) is 5. The number of ether oxygens (including phenoxy) is 1. The summed E-state index contributed by atoms with van der Waals surface area (Å²) in [6.45, 7) is 0. The smallest absolute Gasteiger partial charge is 0.310 e. The number of hydrogen-bond donors (Lipinski definition) is 1. The van der Waals surface area contributed by atoms with Crippen molar-refractivity contribution in [2.45, 2.75) is 18.9 Å². The van der Waals surface area contributed by atoms with E-state index in [0.717, 1.165) is 12.8 Å². The van der Waals surface area contributed by atoms with Gasteiger partial charge in [-0.15, -0.1) is 11.3 Å². The van der Waals surface area contributed by atoms with Crippen LogP contribution in [0, 0.1) is 23.7 Å². The first kappa shape index (κ1) is 10.5. The Kier molecular flexibility index (Phi) is 2.06. The number of nitrogens with one attached hydrogen (secondary N) is 1. The number of fused-ring (bicyclic) bond motifs is 1. The van der Waals surface area contributed by atoms with Gasteiger partial charge in [-0.2, -0.15) is 0 Å². The molecule has 4 rings (SSSR count). The number of esters is 1. The molecule has 1 aromatic heterocycles. The zero-order chi connectivity index (χ0) is 12.3. The number of thiazole rings is 1. The van der Waals surface area contributed by atoms with E-state index in [1.165, 1.54) is 11.3 Å². The summed E-state index contributed by atoms with van der Waals surface area (Å²) in [4.78, 5) is 28.1. The Morgan fingerprint density at radius 1 is 1.50 bits per heavy atom. The van der Waals surface area contributed by atoms with E-state index in [1.807, 2.05) is 5.38 Å². The third kappa shape index (κ3) is 1.29. The molecule has 18 heavy (non-hydrogen) atoms. The zero-order valence-corrected chi connectivity index (χ0v) is 10.4. The molecule has 0 unspecified atom stereocenters. The van der Waals surface area contributed by atoms with E-state index in [2.05, 4.69) is 10.3 Å². The number of carbonyl (C=O) groups excluding carboxylic acids is 2. The van der Waals surface area contributed by atoms with Crippen LogP contribution in [-0.4, -0.2) is 23.0 Å². The van der Waals surface area contributed by atoms with E-state index in [1.54, 1.807) is 6.20 Å². The monoisotopic (exact) mass is 264 g/mol. The van der Waals surface area contributed by atoms with Gasteiger partial charge >= 0.3 is 5.97 Å². The van der Waals surface area contributed by atoms with Gasteiger partial charge in [0.05, 0.1) is 11.8 Å². The highest BCUT2D eigenvalue weighted by Gasteiger charge is 2.63. The maximum atomic E-state index is 12.3. The fraction of sp³-hybridized carbons (Fsp3) is 0.583. The van der Waals surface area contributed by atoms with Crippen LogP contribution in [0.2, 0.25) is 0 Å². The molecule has 2 aliphatic carbocycles. The van der Waals surface area contributed by atoms with E-state index < -0.39 is 0 Å². The standard InChI is InChI=1S/C12H12N2O3S/c15-10(14-12-13-1-2-18-12)8-5-3-6-7(4-5)17-11(16)9(6)8/h1-2,5-9H,3-4H2,(H,13,14,15)/t5-,6+,7-,8-,9-/m0/s1. The van der Waals surface area contributed by atoms with Gasteiger partial charge < -0.3 is 10.1 Å². The Hall–Kier alpha value is -1.43. The van der Waals surface area contributed by atoms with Gasteiger partial charge in [-0.25, -0.2) is 4.98 Å². The zero-order valence-electron chi connectivity index (χ0n) is 9.54. The molecule has 3 aliphatic rings. The Bertz CT molecular complexity index is 513. The molecule has 2 heterocycles. The second-order valence-corrected chi connectivity index (χ2v) is 6.14. The molecule has 0 aromatic carbocycles. The number of anilines is 1. The summed E-state index contributed by atoms with van der Waals surface area (Å²) in [6, 6.07) is 0. The summed E-state index contributed by atoms with van der Waals surface area (Å²) < 4.78 is 5.32. The largest absolute Gasteiger partial charge is 0.462 e. The van der Waals surface area contributed by atoms with Crippen LogP contribution in [0.5, 0.6) is 0 Å². The Morgan fingerprint density at radius 3 is 3.17 bits per heavy atom. The van der Waals surface area contributed by atoms with E-state index >= 15 is 0 Å². The topological polar surface area (TPSA) is 68.3 Å². The highest BCUT2D eigenvalue weighted by Crippen LogP contribution is 2.57. The van der Waals surface area contributed by atoms with Crippen LogP contribution >= 0.6 is 11.3 Å².